The Bertz CT molecular complexity index is 1290. The summed E-state index contributed by atoms with van der Waals surface area (Å²) in [5, 5.41) is 11.6. The molecule has 1 atom stereocenters. The van der Waals surface area contributed by atoms with E-state index in [1.807, 2.05) is 19.1 Å². The van der Waals surface area contributed by atoms with Crippen molar-refractivity contribution in [3.05, 3.63) is 93.0 Å². The minimum absolute atomic E-state index is 0.104. The summed E-state index contributed by atoms with van der Waals surface area (Å²) < 4.78 is 10.7. The summed E-state index contributed by atoms with van der Waals surface area (Å²) in [7, 11) is 2.92. The molecular formula is C26H21Cl2NO5. The Kier molecular flexibility index (Phi) is 6.55. The van der Waals surface area contributed by atoms with Crippen LogP contribution in [-0.2, 0) is 9.59 Å². The van der Waals surface area contributed by atoms with Gasteiger partial charge in [-0.1, -0.05) is 59.1 Å². The van der Waals surface area contributed by atoms with Crippen molar-refractivity contribution in [3.63, 3.8) is 0 Å². The van der Waals surface area contributed by atoms with Crippen LogP contribution < -0.4 is 14.4 Å². The van der Waals surface area contributed by atoms with E-state index >= 15 is 0 Å². The molecule has 3 aromatic carbocycles. The van der Waals surface area contributed by atoms with Gasteiger partial charge in [-0.15, -0.1) is 0 Å². The van der Waals surface area contributed by atoms with Crippen LogP contribution >= 0.6 is 23.2 Å². The normalized spacial score (nSPS) is 17.2. The lowest BCUT2D eigenvalue weighted by Gasteiger charge is -2.26. The highest BCUT2D eigenvalue weighted by molar-refractivity contribution is 6.52. The number of amides is 1. The second-order valence-electron chi connectivity index (χ2n) is 7.72. The van der Waals surface area contributed by atoms with Gasteiger partial charge < -0.3 is 14.6 Å². The van der Waals surface area contributed by atoms with Gasteiger partial charge in [0.25, 0.3) is 11.7 Å². The molecule has 4 rings (SSSR count). The summed E-state index contributed by atoms with van der Waals surface area (Å²) in [6, 6.07) is 16.1. The first-order chi connectivity index (χ1) is 16.3. The van der Waals surface area contributed by atoms with Gasteiger partial charge in [0.05, 0.1) is 35.9 Å². The highest BCUT2D eigenvalue weighted by atomic mass is 35.5. The lowest BCUT2D eigenvalue weighted by atomic mass is 9.94. The van der Waals surface area contributed by atoms with Gasteiger partial charge in [0, 0.05) is 16.8 Å². The molecule has 34 heavy (non-hydrogen) atoms. The predicted molar refractivity (Wildman–Crippen MR) is 132 cm³/mol. The number of ketones is 1. The van der Waals surface area contributed by atoms with E-state index in [-0.39, 0.29) is 26.9 Å². The van der Waals surface area contributed by atoms with Gasteiger partial charge in [-0.25, -0.2) is 0 Å². The van der Waals surface area contributed by atoms with E-state index in [0.717, 1.165) is 5.56 Å². The number of carbonyl (C=O) groups excluding carboxylic acids is 2. The van der Waals surface area contributed by atoms with Crippen molar-refractivity contribution in [2.24, 2.45) is 0 Å². The van der Waals surface area contributed by atoms with E-state index in [2.05, 4.69) is 0 Å². The van der Waals surface area contributed by atoms with E-state index in [4.69, 9.17) is 32.7 Å². The number of halogens is 2. The monoisotopic (exact) mass is 497 g/mol. The number of hydrogen-bond acceptors (Lipinski definition) is 5. The number of rotatable bonds is 5. The third-order valence-corrected chi connectivity index (χ3v) is 6.23. The Morgan fingerprint density at radius 2 is 1.56 bits per heavy atom. The molecule has 1 aliphatic rings. The molecule has 0 saturated carbocycles. The van der Waals surface area contributed by atoms with Crippen LogP contribution in [0.25, 0.3) is 5.76 Å². The second-order valence-corrected chi connectivity index (χ2v) is 8.53. The maximum atomic E-state index is 13.3. The van der Waals surface area contributed by atoms with Crippen LogP contribution in [0.2, 0.25) is 10.0 Å². The van der Waals surface area contributed by atoms with Gasteiger partial charge >= 0.3 is 0 Å². The van der Waals surface area contributed by atoms with Crippen molar-refractivity contribution in [3.8, 4) is 11.5 Å². The number of aliphatic hydroxyl groups excluding tert-OH is 1. The Morgan fingerprint density at radius 1 is 0.941 bits per heavy atom. The van der Waals surface area contributed by atoms with Crippen molar-refractivity contribution < 1.29 is 24.2 Å². The van der Waals surface area contributed by atoms with Crippen LogP contribution in [0, 0.1) is 6.92 Å². The molecule has 0 bridgehead atoms. The number of nitrogens with zero attached hydrogens (tertiary/aromatic N) is 1. The fourth-order valence-electron chi connectivity index (χ4n) is 4.04. The van der Waals surface area contributed by atoms with Crippen LogP contribution in [0.1, 0.15) is 22.7 Å². The number of anilines is 1. The lowest BCUT2D eigenvalue weighted by molar-refractivity contribution is -0.132. The van der Waals surface area contributed by atoms with E-state index < -0.39 is 23.5 Å². The quantitative estimate of drug-likeness (QED) is 0.268. The van der Waals surface area contributed by atoms with Gasteiger partial charge in [-0.2, -0.15) is 0 Å². The molecule has 8 heteroatoms. The number of aliphatic hydroxyl groups is 1. The summed E-state index contributed by atoms with van der Waals surface area (Å²) in [4.78, 5) is 27.9. The van der Waals surface area contributed by atoms with Gasteiger partial charge in [0.2, 0.25) is 0 Å². The van der Waals surface area contributed by atoms with E-state index in [0.29, 0.717) is 17.0 Å². The SMILES string of the molecule is COc1ccccc1C1/C(=C(\O)c2cc(Cl)c(OC)c(Cl)c2)C(=O)C(=O)N1c1ccc(C)cc1. The molecule has 0 aromatic heterocycles. The van der Waals surface area contributed by atoms with Crippen LogP contribution in [0.15, 0.2) is 66.2 Å². The van der Waals surface area contributed by atoms with E-state index in [1.165, 1.54) is 31.3 Å². The smallest absolute Gasteiger partial charge is 0.300 e. The van der Waals surface area contributed by atoms with Crippen LogP contribution in [0.3, 0.4) is 0 Å². The number of benzene rings is 3. The molecule has 0 radical (unpaired) electrons. The molecule has 3 aromatic rings. The number of hydrogen-bond donors (Lipinski definition) is 1. The summed E-state index contributed by atoms with van der Waals surface area (Å²) in [6.45, 7) is 1.92. The summed E-state index contributed by atoms with van der Waals surface area (Å²) in [5.74, 6) is -1.32. The van der Waals surface area contributed by atoms with E-state index in [9.17, 15) is 14.7 Å². The van der Waals surface area contributed by atoms with Crippen molar-refractivity contribution >= 4 is 46.3 Å². The summed E-state index contributed by atoms with van der Waals surface area (Å²) in [5.41, 5.74) is 2.12. The topological polar surface area (TPSA) is 76.1 Å². The highest BCUT2D eigenvalue weighted by Crippen LogP contribution is 2.45. The molecule has 1 unspecified atom stereocenters. The maximum absolute atomic E-state index is 13.3. The third-order valence-electron chi connectivity index (χ3n) is 5.67. The highest BCUT2D eigenvalue weighted by Gasteiger charge is 2.48. The molecular weight excluding hydrogens is 477 g/mol. The first kappa shape index (κ1) is 23.7. The number of methoxy groups -OCH3 is 2. The fourth-order valence-corrected chi connectivity index (χ4v) is 4.68. The van der Waals surface area contributed by atoms with Gasteiger partial charge in [-0.3, -0.25) is 14.5 Å². The molecule has 6 nitrogen and oxygen atoms in total. The average Bonchev–Trinajstić information content (AvgIpc) is 3.09. The molecule has 1 saturated heterocycles. The van der Waals surface area contributed by atoms with Crippen LogP contribution in [0.4, 0.5) is 5.69 Å². The molecule has 174 valence electrons. The van der Waals surface area contributed by atoms with Crippen LogP contribution in [-0.4, -0.2) is 31.0 Å². The average molecular weight is 498 g/mol. The molecule has 0 aliphatic carbocycles. The minimum atomic E-state index is -0.946. The summed E-state index contributed by atoms with van der Waals surface area (Å²) in [6.07, 6.45) is 0. The number of ether oxygens (including phenoxy) is 2. The maximum Gasteiger partial charge on any atom is 0.300 e. The zero-order valence-electron chi connectivity index (χ0n) is 18.6. The molecule has 1 aliphatic heterocycles. The van der Waals surface area contributed by atoms with Crippen molar-refractivity contribution in [2.75, 3.05) is 19.1 Å². The van der Waals surface area contributed by atoms with E-state index in [1.54, 1.807) is 36.4 Å². The zero-order valence-corrected chi connectivity index (χ0v) is 20.1. The first-order valence-corrected chi connectivity index (χ1v) is 11.1. The molecule has 0 spiro atoms. The Labute approximate surface area is 206 Å². The first-order valence-electron chi connectivity index (χ1n) is 10.3. The number of para-hydroxylation sites is 1. The Balaban J connectivity index is 1.99. The number of aryl methyl sites for hydroxylation is 1. The van der Waals surface area contributed by atoms with Crippen LogP contribution in [0.5, 0.6) is 11.5 Å². The lowest BCUT2D eigenvalue weighted by Crippen LogP contribution is -2.29. The molecule has 1 N–H and O–H groups in total. The zero-order chi connectivity index (χ0) is 24.6. The standard InChI is InChI=1S/C26H21Cl2NO5/c1-14-8-10-16(11-9-14)29-22(17-6-4-5-7-20(17)33-2)21(24(31)26(29)32)23(30)15-12-18(27)25(34-3)19(28)13-15/h4-13,22,30H,1-3H3/b23-21+. The van der Waals surface area contributed by atoms with Crippen molar-refractivity contribution in [2.45, 2.75) is 13.0 Å². The molecule has 1 heterocycles. The second kappa shape index (κ2) is 9.41. The molecule has 1 amide bonds. The Morgan fingerprint density at radius 3 is 2.15 bits per heavy atom. The fraction of sp³-hybridized carbons (Fsp3) is 0.154. The largest absolute Gasteiger partial charge is 0.507 e. The molecule has 1 fully saturated rings. The van der Waals surface area contributed by atoms with Gasteiger partial charge in [0.1, 0.15) is 11.5 Å². The third kappa shape index (κ3) is 4.00. The number of Topliss-reactive ketones (excluding diaryl/α,β-unsaturated/α-hetero) is 1. The number of carbonyl (C=O) groups is 2. The van der Waals surface area contributed by atoms with Crippen molar-refractivity contribution in [1.82, 2.24) is 0 Å². The minimum Gasteiger partial charge on any atom is -0.507 e. The van der Waals surface area contributed by atoms with Gasteiger partial charge in [0.15, 0.2) is 5.75 Å². The Hall–Kier alpha value is -3.48. The van der Waals surface area contributed by atoms with Gasteiger partial charge in [-0.05, 0) is 37.3 Å². The van der Waals surface area contributed by atoms with Crippen molar-refractivity contribution in [1.29, 1.82) is 0 Å². The predicted octanol–water partition coefficient (Wildman–Crippen LogP) is 5.95. The summed E-state index contributed by atoms with van der Waals surface area (Å²) >= 11 is 12.5.